The molecule has 1 fully saturated rings. The number of nitrogens with one attached hydrogen (secondary N) is 1. The zero-order valence-corrected chi connectivity index (χ0v) is 16.4. The number of aryl methyl sites for hydroxylation is 1. The van der Waals surface area contributed by atoms with Crippen molar-refractivity contribution in [3.63, 3.8) is 0 Å². The minimum Gasteiger partial charge on any atom is -0.484 e. The Bertz CT molecular complexity index is 834. The van der Waals surface area contributed by atoms with E-state index < -0.39 is 4.92 Å². The van der Waals surface area contributed by atoms with Crippen LogP contribution in [-0.2, 0) is 9.53 Å². The zero-order valence-electron chi connectivity index (χ0n) is 16.4. The van der Waals surface area contributed by atoms with Gasteiger partial charge in [0.25, 0.3) is 11.6 Å². The maximum absolute atomic E-state index is 12.3. The number of nitro benzene ring substituents is 1. The number of carbonyl (C=O) groups excluding carboxylic acids is 1. The average molecular weight is 399 g/mol. The van der Waals surface area contributed by atoms with Gasteiger partial charge in [-0.1, -0.05) is 29.8 Å². The average Bonchev–Trinajstić information content (AvgIpc) is 2.73. The number of non-ortho nitro benzene ring substituents is 1. The summed E-state index contributed by atoms with van der Waals surface area (Å²) in [6.45, 7) is 5.35. The number of ether oxygens (including phenoxy) is 2. The molecule has 154 valence electrons. The summed E-state index contributed by atoms with van der Waals surface area (Å²) in [6, 6.07) is 14.0. The van der Waals surface area contributed by atoms with Gasteiger partial charge in [-0.05, 0) is 24.6 Å². The van der Waals surface area contributed by atoms with Crippen molar-refractivity contribution in [2.24, 2.45) is 0 Å². The fourth-order valence-corrected chi connectivity index (χ4v) is 3.30. The molecule has 2 aromatic rings. The summed E-state index contributed by atoms with van der Waals surface area (Å²) in [4.78, 5) is 24.8. The first-order valence-electron chi connectivity index (χ1n) is 9.55. The third-order valence-corrected chi connectivity index (χ3v) is 4.82. The molecule has 2 aromatic carbocycles. The lowest BCUT2D eigenvalue weighted by atomic mass is 10.0. The topological polar surface area (TPSA) is 93.9 Å². The van der Waals surface area contributed by atoms with Crippen LogP contribution in [0.5, 0.6) is 5.75 Å². The molecule has 0 aliphatic carbocycles. The van der Waals surface area contributed by atoms with E-state index in [1.54, 1.807) is 0 Å². The lowest BCUT2D eigenvalue weighted by Gasteiger charge is -2.35. The number of benzene rings is 2. The molecule has 0 radical (unpaired) electrons. The maximum atomic E-state index is 12.3. The molecule has 3 rings (SSSR count). The molecule has 1 amide bonds. The quantitative estimate of drug-likeness (QED) is 0.541. The summed E-state index contributed by atoms with van der Waals surface area (Å²) in [5.74, 6) is 0.170. The summed E-state index contributed by atoms with van der Waals surface area (Å²) >= 11 is 0. The standard InChI is InChI=1S/C21H25N3O5/c1-16-3-2-4-17(13-16)20(23-9-11-28-12-10-23)14-22-21(25)15-29-19-7-5-18(6-8-19)24(26)27/h2-8,13,20H,9-12,14-15H2,1H3,(H,22,25). The van der Waals surface area contributed by atoms with Gasteiger partial charge in [-0.15, -0.1) is 0 Å². The van der Waals surface area contributed by atoms with Crippen molar-refractivity contribution in [1.29, 1.82) is 0 Å². The maximum Gasteiger partial charge on any atom is 0.269 e. The molecule has 8 nitrogen and oxygen atoms in total. The van der Waals surface area contributed by atoms with Crippen LogP contribution in [0.1, 0.15) is 17.2 Å². The Balaban J connectivity index is 1.56. The molecule has 0 bridgehead atoms. The van der Waals surface area contributed by atoms with E-state index in [1.165, 1.54) is 29.8 Å². The normalized spacial score (nSPS) is 15.5. The van der Waals surface area contributed by atoms with E-state index in [0.29, 0.717) is 25.5 Å². The van der Waals surface area contributed by atoms with Crippen LogP contribution in [0.3, 0.4) is 0 Å². The number of hydrogen-bond acceptors (Lipinski definition) is 6. The van der Waals surface area contributed by atoms with Crippen molar-refractivity contribution in [3.8, 4) is 5.75 Å². The third-order valence-electron chi connectivity index (χ3n) is 4.82. The van der Waals surface area contributed by atoms with E-state index >= 15 is 0 Å². The van der Waals surface area contributed by atoms with Crippen LogP contribution in [0.2, 0.25) is 0 Å². The summed E-state index contributed by atoms with van der Waals surface area (Å²) in [5.41, 5.74) is 2.31. The Morgan fingerprint density at radius 1 is 1.24 bits per heavy atom. The monoisotopic (exact) mass is 399 g/mol. The Kier molecular flexibility index (Phi) is 7.15. The van der Waals surface area contributed by atoms with E-state index in [-0.39, 0.29) is 24.2 Å². The van der Waals surface area contributed by atoms with Gasteiger partial charge in [0.15, 0.2) is 6.61 Å². The zero-order chi connectivity index (χ0) is 20.6. The van der Waals surface area contributed by atoms with Crippen LogP contribution in [0, 0.1) is 17.0 Å². The minimum atomic E-state index is -0.479. The van der Waals surface area contributed by atoms with E-state index in [1.807, 2.05) is 6.07 Å². The molecule has 29 heavy (non-hydrogen) atoms. The molecule has 8 heteroatoms. The number of amides is 1. The second-order valence-corrected chi connectivity index (χ2v) is 6.92. The number of morpholine rings is 1. The van der Waals surface area contributed by atoms with Crippen LogP contribution in [0.15, 0.2) is 48.5 Å². The SMILES string of the molecule is Cc1cccc(C(CNC(=O)COc2ccc([N+](=O)[O-])cc2)N2CCOCC2)c1. The van der Waals surface area contributed by atoms with E-state index in [0.717, 1.165) is 18.7 Å². The van der Waals surface area contributed by atoms with E-state index in [2.05, 4.69) is 35.3 Å². The second kappa shape index (κ2) is 9.99. The van der Waals surface area contributed by atoms with Crippen LogP contribution >= 0.6 is 0 Å². The highest BCUT2D eigenvalue weighted by molar-refractivity contribution is 5.77. The highest BCUT2D eigenvalue weighted by atomic mass is 16.6. The number of nitro groups is 1. The first kappa shape index (κ1) is 20.8. The summed E-state index contributed by atoms with van der Waals surface area (Å²) in [5, 5.41) is 13.6. The van der Waals surface area contributed by atoms with E-state index in [4.69, 9.17) is 9.47 Å². The van der Waals surface area contributed by atoms with Crippen molar-refractivity contribution in [3.05, 3.63) is 69.8 Å². The molecule has 0 saturated carbocycles. The van der Waals surface area contributed by atoms with Crippen molar-refractivity contribution in [2.75, 3.05) is 39.5 Å². The largest absolute Gasteiger partial charge is 0.484 e. The predicted molar refractivity (Wildman–Crippen MR) is 108 cm³/mol. The summed E-state index contributed by atoms with van der Waals surface area (Å²) < 4.78 is 10.9. The minimum absolute atomic E-state index is 0.0201. The fraction of sp³-hybridized carbons (Fsp3) is 0.381. The summed E-state index contributed by atoms with van der Waals surface area (Å²) in [6.07, 6.45) is 0. The Morgan fingerprint density at radius 3 is 2.62 bits per heavy atom. The number of nitrogens with zero attached hydrogens (tertiary/aromatic N) is 2. The van der Waals surface area contributed by atoms with Crippen molar-refractivity contribution >= 4 is 11.6 Å². The molecule has 1 N–H and O–H groups in total. The number of carbonyl (C=O) groups is 1. The molecule has 1 aliphatic rings. The van der Waals surface area contributed by atoms with Crippen LogP contribution < -0.4 is 10.1 Å². The van der Waals surface area contributed by atoms with Gasteiger partial charge in [-0.25, -0.2) is 0 Å². The lowest BCUT2D eigenvalue weighted by molar-refractivity contribution is -0.384. The van der Waals surface area contributed by atoms with Gasteiger partial charge < -0.3 is 14.8 Å². The Labute approximate surface area is 169 Å². The van der Waals surface area contributed by atoms with Gasteiger partial charge in [0.1, 0.15) is 5.75 Å². The van der Waals surface area contributed by atoms with E-state index in [9.17, 15) is 14.9 Å². The molecule has 1 heterocycles. The van der Waals surface area contributed by atoms with Gasteiger partial charge in [0.05, 0.1) is 24.2 Å². The number of rotatable bonds is 8. The third kappa shape index (κ3) is 6.00. The molecule has 1 saturated heterocycles. The molecule has 1 atom stereocenters. The predicted octanol–water partition coefficient (Wildman–Crippen LogP) is 2.47. The first-order chi connectivity index (χ1) is 14.0. The molecular formula is C21H25N3O5. The molecule has 1 unspecified atom stereocenters. The van der Waals surface area contributed by atoms with Crippen molar-refractivity contribution in [2.45, 2.75) is 13.0 Å². The number of hydrogen-bond donors (Lipinski definition) is 1. The molecule has 0 aromatic heterocycles. The lowest BCUT2D eigenvalue weighted by Crippen LogP contribution is -2.44. The van der Waals surface area contributed by atoms with Gasteiger partial charge in [0.2, 0.25) is 0 Å². The van der Waals surface area contributed by atoms with Crippen molar-refractivity contribution < 1.29 is 19.2 Å². The first-order valence-corrected chi connectivity index (χ1v) is 9.55. The molecule has 1 aliphatic heterocycles. The van der Waals surface area contributed by atoms with Crippen molar-refractivity contribution in [1.82, 2.24) is 10.2 Å². The summed E-state index contributed by atoms with van der Waals surface area (Å²) in [7, 11) is 0. The fourth-order valence-electron chi connectivity index (χ4n) is 3.30. The molecular weight excluding hydrogens is 374 g/mol. The smallest absolute Gasteiger partial charge is 0.269 e. The van der Waals surface area contributed by atoms with Crippen LogP contribution in [0.25, 0.3) is 0 Å². The van der Waals surface area contributed by atoms with Crippen LogP contribution in [-0.4, -0.2) is 55.2 Å². The Hall–Kier alpha value is -2.97. The Morgan fingerprint density at radius 2 is 1.97 bits per heavy atom. The van der Waals surface area contributed by atoms with Gasteiger partial charge in [-0.3, -0.25) is 19.8 Å². The van der Waals surface area contributed by atoms with Crippen LogP contribution in [0.4, 0.5) is 5.69 Å². The highest BCUT2D eigenvalue weighted by Gasteiger charge is 2.23. The molecule has 0 spiro atoms. The van der Waals surface area contributed by atoms with Gasteiger partial charge in [-0.2, -0.15) is 0 Å². The van der Waals surface area contributed by atoms with Gasteiger partial charge >= 0.3 is 0 Å². The second-order valence-electron chi connectivity index (χ2n) is 6.92. The van der Waals surface area contributed by atoms with Gasteiger partial charge in [0, 0.05) is 31.8 Å². The highest BCUT2D eigenvalue weighted by Crippen LogP contribution is 2.22.